The maximum absolute atomic E-state index is 6.00. The van der Waals surface area contributed by atoms with Crippen LogP contribution in [-0.4, -0.2) is 32.1 Å². The number of piperidine rings is 1. The van der Waals surface area contributed by atoms with Crippen LogP contribution in [0, 0.1) is 5.41 Å². The van der Waals surface area contributed by atoms with Crippen LogP contribution >= 0.6 is 11.6 Å². The van der Waals surface area contributed by atoms with Crippen molar-refractivity contribution in [2.24, 2.45) is 10.4 Å². The zero-order chi connectivity index (χ0) is 17.8. The Balaban J connectivity index is 1.48. The summed E-state index contributed by atoms with van der Waals surface area (Å²) in [5, 5.41) is 7.77. The van der Waals surface area contributed by atoms with Gasteiger partial charge in [0, 0.05) is 16.1 Å². The van der Waals surface area contributed by atoms with Gasteiger partial charge in [-0.15, -0.1) is 0 Å². The molecule has 2 N–H and O–H groups in total. The Morgan fingerprint density at radius 1 is 1.08 bits per heavy atom. The van der Waals surface area contributed by atoms with Gasteiger partial charge in [0.15, 0.2) is 0 Å². The lowest BCUT2D eigenvalue weighted by Crippen LogP contribution is -2.48. The van der Waals surface area contributed by atoms with Crippen molar-refractivity contribution < 1.29 is 4.74 Å². The molecule has 2 aliphatic rings. The lowest BCUT2D eigenvalue weighted by Gasteiger charge is -2.42. The number of amidine groups is 1. The number of ether oxygens (including phenoxy) is 1. The van der Waals surface area contributed by atoms with Gasteiger partial charge in [-0.3, -0.25) is 4.99 Å². The molecule has 1 saturated heterocycles. The maximum atomic E-state index is 6.00. The fraction of sp³-hybridized carbons (Fsp3) is 0.381. The van der Waals surface area contributed by atoms with Gasteiger partial charge in [0.25, 0.3) is 0 Å². The van der Waals surface area contributed by atoms with E-state index in [0.29, 0.717) is 18.2 Å². The zero-order valence-corrected chi connectivity index (χ0v) is 15.6. The fourth-order valence-corrected chi connectivity index (χ4v) is 4.09. The van der Waals surface area contributed by atoms with Gasteiger partial charge in [-0.1, -0.05) is 35.9 Å². The molecule has 26 heavy (non-hydrogen) atoms. The van der Waals surface area contributed by atoms with Crippen LogP contribution in [0.25, 0.3) is 0 Å². The molecule has 0 bridgehead atoms. The third kappa shape index (κ3) is 3.71. The topological polar surface area (TPSA) is 45.6 Å². The first-order valence-electron chi connectivity index (χ1n) is 9.24. The number of nitrogens with one attached hydrogen (secondary N) is 2. The summed E-state index contributed by atoms with van der Waals surface area (Å²) < 4.78 is 5.79. The van der Waals surface area contributed by atoms with E-state index in [9.17, 15) is 0 Å². The van der Waals surface area contributed by atoms with Gasteiger partial charge in [0.2, 0.25) is 0 Å². The van der Waals surface area contributed by atoms with Gasteiger partial charge in [-0.25, -0.2) is 0 Å². The van der Waals surface area contributed by atoms with Crippen LogP contribution in [0.1, 0.15) is 18.4 Å². The molecule has 0 aliphatic carbocycles. The summed E-state index contributed by atoms with van der Waals surface area (Å²) in [5.41, 5.74) is 2.70. The van der Waals surface area contributed by atoms with Crippen molar-refractivity contribution >= 4 is 23.1 Å². The van der Waals surface area contributed by atoms with Gasteiger partial charge >= 0.3 is 0 Å². The SMILES string of the molecule is Clc1cccc(OCCN=C2Nc3ccccc3CC23CCNCC3)c1. The van der Waals surface area contributed by atoms with Crippen molar-refractivity contribution in [2.75, 3.05) is 31.6 Å². The minimum atomic E-state index is 0.121. The van der Waals surface area contributed by atoms with Crippen LogP contribution in [0.5, 0.6) is 5.75 Å². The Labute approximate surface area is 159 Å². The van der Waals surface area contributed by atoms with E-state index in [4.69, 9.17) is 21.3 Å². The van der Waals surface area contributed by atoms with Crippen molar-refractivity contribution in [3.63, 3.8) is 0 Å². The van der Waals surface area contributed by atoms with Crippen LogP contribution in [0.2, 0.25) is 5.02 Å². The van der Waals surface area contributed by atoms with E-state index >= 15 is 0 Å². The molecule has 0 atom stereocenters. The third-order valence-electron chi connectivity index (χ3n) is 5.29. The van der Waals surface area contributed by atoms with E-state index in [2.05, 4.69) is 34.9 Å². The Bertz CT molecular complexity index is 799. The molecule has 0 aromatic heterocycles. The predicted octanol–water partition coefficient (Wildman–Crippen LogP) is 4.16. The van der Waals surface area contributed by atoms with Crippen molar-refractivity contribution in [3.8, 4) is 5.75 Å². The molecule has 1 spiro atoms. The van der Waals surface area contributed by atoms with Crippen molar-refractivity contribution in [1.29, 1.82) is 0 Å². The van der Waals surface area contributed by atoms with Crippen LogP contribution in [0.4, 0.5) is 5.69 Å². The molecule has 5 heteroatoms. The van der Waals surface area contributed by atoms with Crippen LogP contribution in [0.15, 0.2) is 53.5 Å². The molecule has 2 aromatic rings. The third-order valence-corrected chi connectivity index (χ3v) is 5.52. The smallest absolute Gasteiger partial charge is 0.120 e. The van der Waals surface area contributed by atoms with E-state index in [1.54, 1.807) is 0 Å². The van der Waals surface area contributed by atoms with E-state index < -0.39 is 0 Å². The van der Waals surface area contributed by atoms with Gasteiger partial charge in [-0.2, -0.15) is 0 Å². The number of para-hydroxylation sites is 1. The molecule has 4 rings (SSSR count). The van der Waals surface area contributed by atoms with E-state index in [-0.39, 0.29) is 5.41 Å². The second-order valence-electron chi connectivity index (χ2n) is 7.03. The number of hydrogen-bond acceptors (Lipinski definition) is 3. The summed E-state index contributed by atoms with van der Waals surface area (Å²) in [5.74, 6) is 1.91. The lowest BCUT2D eigenvalue weighted by molar-refractivity contribution is 0.290. The van der Waals surface area contributed by atoms with Gasteiger partial charge in [0.05, 0.1) is 6.54 Å². The molecule has 2 aliphatic heterocycles. The Hall–Kier alpha value is -2.04. The number of benzene rings is 2. The summed E-state index contributed by atoms with van der Waals surface area (Å²) in [6, 6.07) is 16.1. The van der Waals surface area contributed by atoms with Gasteiger partial charge in [-0.05, 0) is 62.2 Å². The summed E-state index contributed by atoms with van der Waals surface area (Å²) in [6.45, 7) is 3.26. The molecule has 2 heterocycles. The normalized spacial score (nSPS) is 19.8. The number of aliphatic imine (C=N–C) groups is 1. The van der Waals surface area contributed by atoms with Crippen molar-refractivity contribution in [1.82, 2.24) is 5.32 Å². The number of hydrogen-bond donors (Lipinski definition) is 2. The number of nitrogens with zero attached hydrogens (tertiary/aromatic N) is 1. The van der Waals surface area contributed by atoms with Gasteiger partial charge < -0.3 is 15.4 Å². The van der Waals surface area contributed by atoms with Crippen molar-refractivity contribution in [2.45, 2.75) is 19.3 Å². The molecule has 0 unspecified atom stereocenters. The molecule has 136 valence electrons. The summed E-state index contributed by atoms with van der Waals surface area (Å²) >= 11 is 6.00. The fourth-order valence-electron chi connectivity index (χ4n) is 3.91. The highest BCUT2D eigenvalue weighted by Gasteiger charge is 2.40. The Kier molecular flexibility index (Phi) is 5.14. The predicted molar refractivity (Wildman–Crippen MR) is 108 cm³/mol. The molecule has 4 nitrogen and oxygen atoms in total. The first kappa shape index (κ1) is 17.4. The quantitative estimate of drug-likeness (QED) is 0.795. The van der Waals surface area contributed by atoms with Crippen LogP contribution in [-0.2, 0) is 6.42 Å². The molecule has 0 amide bonds. The number of anilines is 1. The second kappa shape index (κ2) is 7.68. The zero-order valence-electron chi connectivity index (χ0n) is 14.8. The first-order chi connectivity index (χ1) is 12.8. The van der Waals surface area contributed by atoms with E-state index in [0.717, 1.165) is 43.9 Å². The number of rotatable bonds is 4. The molecule has 0 radical (unpaired) electrons. The Morgan fingerprint density at radius 2 is 1.92 bits per heavy atom. The number of fused-ring (bicyclic) bond motifs is 1. The maximum Gasteiger partial charge on any atom is 0.120 e. The highest BCUT2D eigenvalue weighted by atomic mass is 35.5. The standard InChI is InChI=1S/C21H24ClN3O/c22-17-5-3-6-18(14-17)26-13-12-24-20-21(8-10-23-11-9-21)15-16-4-1-2-7-19(16)25-20/h1-7,14,23H,8-13,15H2,(H,24,25). The van der Waals surface area contributed by atoms with E-state index in [1.165, 1.54) is 11.3 Å². The van der Waals surface area contributed by atoms with Crippen molar-refractivity contribution in [3.05, 3.63) is 59.1 Å². The second-order valence-corrected chi connectivity index (χ2v) is 7.46. The van der Waals surface area contributed by atoms with Crippen LogP contribution in [0.3, 0.4) is 0 Å². The summed E-state index contributed by atoms with van der Waals surface area (Å²) in [6.07, 6.45) is 3.29. The van der Waals surface area contributed by atoms with Crippen LogP contribution < -0.4 is 15.4 Å². The largest absolute Gasteiger partial charge is 0.492 e. The monoisotopic (exact) mass is 369 g/mol. The average molecular weight is 370 g/mol. The molecular formula is C21H24ClN3O. The minimum absolute atomic E-state index is 0.121. The first-order valence-corrected chi connectivity index (χ1v) is 9.62. The van der Waals surface area contributed by atoms with E-state index in [1.807, 2.05) is 24.3 Å². The summed E-state index contributed by atoms with van der Waals surface area (Å²) in [4.78, 5) is 4.92. The molecule has 1 fully saturated rings. The highest BCUT2D eigenvalue weighted by Crippen LogP contribution is 2.40. The molecule has 2 aromatic carbocycles. The highest BCUT2D eigenvalue weighted by molar-refractivity contribution is 6.30. The average Bonchev–Trinajstić information content (AvgIpc) is 2.66. The summed E-state index contributed by atoms with van der Waals surface area (Å²) in [7, 11) is 0. The molecular weight excluding hydrogens is 346 g/mol. The lowest BCUT2D eigenvalue weighted by atomic mass is 9.71. The molecule has 0 saturated carbocycles. The number of halogens is 1. The van der Waals surface area contributed by atoms with Gasteiger partial charge in [0.1, 0.15) is 18.2 Å². The minimum Gasteiger partial charge on any atom is -0.492 e. The Morgan fingerprint density at radius 3 is 2.77 bits per heavy atom.